The molecule has 1 N–H and O–H groups in total. The average Bonchev–Trinajstić information content (AvgIpc) is 2.70. The second kappa shape index (κ2) is 7.77. The summed E-state index contributed by atoms with van der Waals surface area (Å²) in [5, 5.41) is 3.60. The van der Waals surface area contributed by atoms with Gasteiger partial charge in [-0.2, -0.15) is 11.8 Å². The summed E-state index contributed by atoms with van der Waals surface area (Å²) in [6.45, 7) is 5.56. The summed E-state index contributed by atoms with van der Waals surface area (Å²) in [6, 6.07) is 0.601. The second-order valence-corrected chi connectivity index (χ2v) is 5.50. The second-order valence-electron chi connectivity index (χ2n) is 4.59. The Balaban J connectivity index is 2.46. The molecule has 1 aromatic heterocycles. The van der Waals surface area contributed by atoms with Crippen LogP contribution in [-0.4, -0.2) is 34.1 Å². The number of nitrogens with zero attached hydrogens (tertiary/aromatic N) is 2. The Hall–Kier alpha value is -0.480. The number of aryl methyl sites for hydroxylation is 2. The minimum Gasteiger partial charge on any atom is -0.338 e. The maximum Gasteiger partial charge on any atom is 0.108 e. The predicted octanol–water partition coefficient (Wildman–Crippen LogP) is 2.33. The van der Waals surface area contributed by atoms with Crippen molar-refractivity contribution < 1.29 is 0 Å². The monoisotopic (exact) mass is 255 g/mol. The highest BCUT2D eigenvalue weighted by atomic mass is 32.2. The van der Waals surface area contributed by atoms with Gasteiger partial charge in [-0.05, 0) is 30.9 Å². The van der Waals surface area contributed by atoms with Gasteiger partial charge in [0.15, 0.2) is 0 Å². The Morgan fingerprint density at radius 2 is 2.29 bits per heavy atom. The van der Waals surface area contributed by atoms with Gasteiger partial charge in [0.05, 0.1) is 0 Å². The lowest BCUT2D eigenvalue weighted by Crippen LogP contribution is -2.36. The minimum absolute atomic E-state index is 0.601. The standard InChI is InChI=1S/C13H25N3S/c1-5-14-12(11(2)10-17-4)6-7-13-15-8-9-16(13)3/h8-9,11-12,14H,5-7,10H2,1-4H3. The highest BCUT2D eigenvalue weighted by Crippen LogP contribution is 2.14. The van der Waals surface area contributed by atoms with E-state index in [0.717, 1.165) is 13.0 Å². The lowest BCUT2D eigenvalue weighted by Gasteiger charge is -2.24. The van der Waals surface area contributed by atoms with E-state index >= 15 is 0 Å². The molecule has 3 nitrogen and oxygen atoms in total. The van der Waals surface area contributed by atoms with Crippen molar-refractivity contribution in [2.24, 2.45) is 13.0 Å². The van der Waals surface area contributed by atoms with Crippen LogP contribution in [0.4, 0.5) is 0 Å². The van der Waals surface area contributed by atoms with Crippen LogP contribution in [-0.2, 0) is 13.5 Å². The summed E-state index contributed by atoms with van der Waals surface area (Å²) < 4.78 is 2.11. The molecule has 0 spiro atoms. The van der Waals surface area contributed by atoms with Crippen molar-refractivity contribution in [1.29, 1.82) is 0 Å². The van der Waals surface area contributed by atoms with Crippen LogP contribution in [0.1, 0.15) is 26.1 Å². The first kappa shape index (κ1) is 14.6. The van der Waals surface area contributed by atoms with Gasteiger partial charge in [0.2, 0.25) is 0 Å². The van der Waals surface area contributed by atoms with Crippen LogP contribution >= 0.6 is 11.8 Å². The molecule has 0 aliphatic rings. The largest absolute Gasteiger partial charge is 0.338 e. The first-order valence-electron chi connectivity index (χ1n) is 6.37. The fraction of sp³-hybridized carbons (Fsp3) is 0.769. The Kier molecular flexibility index (Phi) is 6.66. The zero-order valence-corrected chi connectivity index (χ0v) is 12.3. The molecular weight excluding hydrogens is 230 g/mol. The van der Waals surface area contributed by atoms with Gasteiger partial charge < -0.3 is 9.88 Å². The Morgan fingerprint density at radius 3 is 2.82 bits per heavy atom. The molecule has 0 aliphatic carbocycles. The number of thioether (sulfide) groups is 1. The van der Waals surface area contributed by atoms with Crippen molar-refractivity contribution in [2.45, 2.75) is 32.7 Å². The Labute approximate surface area is 109 Å². The minimum atomic E-state index is 0.601. The number of imidazole rings is 1. The molecule has 0 saturated carbocycles. The number of aromatic nitrogens is 2. The van der Waals surface area contributed by atoms with Gasteiger partial charge in [-0.1, -0.05) is 13.8 Å². The van der Waals surface area contributed by atoms with Crippen molar-refractivity contribution in [3.63, 3.8) is 0 Å². The molecule has 4 heteroatoms. The number of nitrogens with one attached hydrogen (secondary N) is 1. The van der Waals surface area contributed by atoms with Crippen LogP contribution in [0.2, 0.25) is 0 Å². The number of rotatable bonds is 8. The lowest BCUT2D eigenvalue weighted by molar-refractivity contribution is 0.386. The van der Waals surface area contributed by atoms with E-state index < -0.39 is 0 Å². The van der Waals surface area contributed by atoms with E-state index in [1.807, 2.05) is 24.2 Å². The van der Waals surface area contributed by atoms with E-state index in [2.05, 4.69) is 42.0 Å². The van der Waals surface area contributed by atoms with E-state index in [4.69, 9.17) is 0 Å². The third-order valence-electron chi connectivity index (χ3n) is 3.18. The molecule has 1 heterocycles. The first-order valence-corrected chi connectivity index (χ1v) is 7.76. The summed E-state index contributed by atoms with van der Waals surface area (Å²) in [5.74, 6) is 3.12. The van der Waals surface area contributed by atoms with Crippen LogP contribution in [0, 0.1) is 5.92 Å². The molecule has 0 aromatic carbocycles. The van der Waals surface area contributed by atoms with Crippen molar-refractivity contribution >= 4 is 11.8 Å². The topological polar surface area (TPSA) is 29.9 Å². The van der Waals surface area contributed by atoms with Crippen LogP contribution in [0.25, 0.3) is 0 Å². The molecule has 2 unspecified atom stereocenters. The molecular formula is C13H25N3S. The maximum absolute atomic E-state index is 4.38. The van der Waals surface area contributed by atoms with E-state index in [-0.39, 0.29) is 0 Å². The quantitative estimate of drug-likeness (QED) is 0.773. The number of hydrogen-bond acceptors (Lipinski definition) is 3. The molecule has 1 aromatic rings. The Morgan fingerprint density at radius 1 is 1.53 bits per heavy atom. The third-order valence-corrected chi connectivity index (χ3v) is 4.04. The molecule has 0 amide bonds. The van der Waals surface area contributed by atoms with Gasteiger partial charge in [-0.15, -0.1) is 0 Å². The first-order chi connectivity index (χ1) is 8.19. The molecule has 0 bridgehead atoms. The molecule has 0 aliphatic heterocycles. The van der Waals surface area contributed by atoms with Gasteiger partial charge in [0.1, 0.15) is 5.82 Å². The van der Waals surface area contributed by atoms with Crippen LogP contribution < -0.4 is 5.32 Å². The van der Waals surface area contributed by atoms with Crippen molar-refractivity contribution in [2.75, 3.05) is 18.6 Å². The van der Waals surface area contributed by atoms with E-state index in [1.54, 1.807) is 0 Å². The van der Waals surface area contributed by atoms with Gasteiger partial charge in [0.25, 0.3) is 0 Å². The Bertz CT molecular complexity index is 311. The maximum atomic E-state index is 4.38. The lowest BCUT2D eigenvalue weighted by atomic mass is 9.99. The van der Waals surface area contributed by atoms with Crippen LogP contribution in [0.5, 0.6) is 0 Å². The predicted molar refractivity (Wildman–Crippen MR) is 76.5 cm³/mol. The molecule has 17 heavy (non-hydrogen) atoms. The van der Waals surface area contributed by atoms with Gasteiger partial charge in [-0.3, -0.25) is 0 Å². The fourth-order valence-corrected chi connectivity index (χ4v) is 2.91. The smallest absolute Gasteiger partial charge is 0.108 e. The fourth-order valence-electron chi connectivity index (χ4n) is 2.15. The SMILES string of the molecule is CCNC(CCc1nccn1C)C(C)CSC. The van der Waals surface area contributed by atoms with Crippen LogP contribution in [0.15, 0.2) is 12.4 Å². The summed E-state index contributed by atoms with van der Waals surface area (Å²) >= 11 is 1.93. The van der Waals surface area contributed by atoms with Gasteiger partial charge in [-0.25, -0.2) is 4.98 Å². The molecule has 0 fully saturated rings. The summed E-state index contributed by atoms with van der Waals surface area (Å²) in [5.41, 5.74) is 0. The molecule has 0 radical (unpaired) electrons. The van der Waals surface area contributed by atoms with Crippen LogP contribution in [0.3, 0.4) is 0 Å². The third kappa shape index (κ3) is 4.72. The zero-order chi connectivity index (χ0) is 12.7. The molecule has 2 atom stereocenters. The summed E-state index contributed by atoms with van der Waals surface area (Å²) in [6.07, 6.45) is 8.30. The molecule has 0 saturated heterocycles. The van der Waals surface area contributed by atoms with E-state index in [9.17, 15) is 0 Å². The highest BCUT2D eigenvalue weighted by molar-refractivity contribution is 7.98. The summed E-state index contributed by atoms with van der Waals surface area (Å²) in [4.78, 5) is 4.38. The van der Waals surface area contributed by atoms with Gasteiger partial charge >= 0.3 is 0 Å². The van der Waals surface area contributed by atoms with Crippen molar-refractivity contribution in [3.05, 3.63) is 18.2 Å². The van der Waals surface area contributed by atoms with E-state index in [0.29, 0.717) is 12.0 Å². The number of hydrogen-bond donors (Lipinski definition) is 1. The van der Waals surface area contributed by atoms with Crippen molar-refractivity contribution in [1.82, 2.24) is 14.9 Å². The van der Waals surface area contributed by atoms with Crippen molar-refractivity contribution in [3.8, 4) is 0 Å². The highest BCUT2D eigenvalue weighted by Gasteiger charge is 2.16. The van der Waals surface area contributed by atoms with Gasteiger partial charge in [0, 0.05) is 31.9 Å². The average molecular weight is 255 g/mol. The normalized spacial score (nSPS) is 14.8. The molecule has 1 rings (SSSR count). The molecule has 98 valence electrons. The summed E-state index contributed by atoms with van der Waals surface area (Å²) in [7, 11) is 2.07. The zero-order valence-electron chi connectivity index (χ0n) is 11.4. The van der Waals surface area contributed by atoms with E-state index in [1.165, 1.54) is 18.0 Å².